The number of nitrogens with zero attached hydrogens (tertiary/aromatic N) is 1. The molecule has 0 aromatic heterocycles. The summed E-state index contributed by atoms with van der Waals surface area (Å²) in [4.78, 5) is 26.6. The maximum atomic E-state index is 12.8. The minimum absolute atomic E-state index is 0.0353. The Labute approximate surface area is 192 Å². The topological polar surface area (TPSA) is 77.1 Å². The maximum Gasteiger partial charge on any atom is 0.494 e. The van der Waals surface area contributed by atoms with Gasteiger partial charge in [0.25, 0.3) is 0 Å². The fourth-order valence-electron chi connectivity index (χ4n) is 3.81. The average Bonchev–Trinajstić information content (AvgIpc) is 2.88. The normalized spacial score (nSPS) is 20.8. The average molecular weight is 444 g/mol. The van der Waals surface area contributed by atoms with Gasteiger partial charge in [0.05, 0.1) is 17.6 Å². The molecule has 1 aromatic carbocycles. The van der Waals surface area contributed by atoms with E-state index in [9.17, 15) is 9.59 Å². The summed E-state index contributed by atoms with van der Waals surface area (Å²) in [5.74, 6) is 0.101. The summed E-state index contributed by atoms with van der Waals surface area (Å²) in [6.07, 6.45) is 1.41. The number of piperidine rings is 1. The first kappa shape index (κ1) is 24.6. The zero-order valence-electron chi connectivity index (χ0n) is 20.5. The molecule has 0 unspecified atom stereocenters. The summed E-state index contributed by atoms with van der Waals surface area (Å²) in [7, 11) is -0.402. The van der Waals surface area contributed by atoms with Crippen LogP contribution in [-0.4, -0.2) is 60.0 Å². The van der Waals surface area contributed by atoms with E-state index in [-0.39, 0.29) is 23.2 Å². The fraction of sp³-hybridized carbons (Fsp3) is 0.667. The van der Waals surface area contributed by atoms with Gasteiger partial charge in [-0.05, 0) is 72.3 Å². The molecular formula is C24H37BN2O5. The zero-order chi connectivity index (χ0) is 23.7. The molecule has 0 saturated carbocycles. The van der Waals surface area contributed by atoms with Crippen molar-refractivity contribution in [3.05, 3.63) is 29.8 Å². The molecule has 1 aromatic rings. The van der Waals surface area contributed by atoms with Crippen molar-refractivity contribution >= 4 is 24.6 Å². The lowest BCUT2D eigenvalue weighted by molar-refractivity contribution is -0.131. The van der Waals surface area contributed by atoms with Crippen LogP contribution in [0.15, 0.2) is 24.3 Å². The van der Waals surface area contributed by atoms with Gasteiger partial charge in [0.1, 0.15) is 5.60 Å². The van der Waals surface area contributed by atoms with Gasteiger partial charge in [-0.15, -0.1) is 0 Å². The van der Waals surface area contributed by atoms with Crippen LogP contribution >= 0.6 is 0 Å². The van der Waals surface area contributed by atoms with E-state index in [1.807, 2.05) is 77.6 Å². The summed E-state index contributed by atoms with van der Waals surface area (Å²) in [6, 6.07) is 7.92. The van der Waals surface area contributed by atoms with Gasteiger partial charge in [-0.2, -0.15) is 0 Å². The van der Waals surface area contributed by atoms with Gasteiger partial charge < -0.3 is 24.3 Å². The third-order valence-electron chi connectivity index (χ3n) is 6.43. The summed E-state index contributed by atoms with van der Waals surface area (Å²) in [5, 5.41) is 2.91. The van der Waals surface area contributed by atoms with Crippen molar-refractivity contribution < 1.29 is 23.6 Å². The quantitative estimate of drug-likeness (QED) is 0.723. The molecular weight excluding hydrogens is 407 g/mol. The smallest absolute Gasteiger partial charge is 0.444 e. The molecule has 2 saturated heterocycles. The SMILES string of the molecule is CC(C)(C)OC(=O)NC1CCN(C(=O)Cc2ccc(B3OC(C)(C)C(C)(C)O3)cc2)CC1. The lowest BCUT2D eigenvalue weighted by Gasteiger charge is -2.33. The second-order valence-electron chi connectivity index (χ2n) is 10.8. The number of ether oxygens (including phenoxy) is 1. The molecule has 2 heterocycles. The van der Waals surface area contributed by atoms with E-state index in [1.54, 1.807) is 0 Å². The zero-order valence-corrected chi connectivity index (χ0v) is 20.5. The Hall–Kier alpha value is -2.06. The molecule has 2 fully saturated rings. The molecule has 0 radical (unpaired) electrons. The number of hydrogen-bond donors (Lipinski definition) is 1. The maximum absolute atomic E-state index is 12.8. The van der Waals surface area contributed by atoms with Gasteiger partial charge in [-0.1, -0.05) is 24.3 Å². The van der Waals surface area contributed by atoms with Crippen LogP contribution in [0.1, 0.15) is 66.9 Å². The second-order valence-corrected chi connectivity index (χ2v) is 10.8. The summed E-state index contributed by atoms with van der Waals surface area (Å²) >= 11 is 0. The highest BCUT2D eigenvalue weighted by Crippen LogP contribution is 2.36. The van der Waals surface area contributed by atoms with Crippen molar-refractivity contribution in [2.75, 3.05) is 13.1 Å². The van der Waals surface area contributed by atoms with E-state index in [0.717, 1.165) is 23.9 Å². The lowest BCUT2D eigenvalue weighted by Crippen LogP contribution is -2.48. The first-order valence-corrected chi connectivity index (χ1v) is 11.5. The summed E-state index contributed by atoms with van der Waals surface area (Å²) in [5.41, 5.74) is 0.643. The predicted octanol–water partition coefficient (Wildman–Crippen LogP) is 3.04. The van der Waals surface area contributed by atoms with Crippen LogP contribution in [0.2, 0.25) is 0 Å². The Morgan fingerprint density at radius 3 is 2.09 bits per heavy atom. The minimum Gasteiger partial charge on any atom is -0.444 e. The van der Waals surface area contributed by atoms with Crippen molar-refractivity contribution in [1.82, 2.24) is 10.2 Å². The lowest BCUT2D eigenvalue weighted by atomic mass is 9.79. The molecule has 2 aliphatic heterocycles. The van der Waals surface area contributed by atoms with E-state index in [4.69, 9.17) is 14.0 Å². The van der Waals surface area contributed by atoms with Gasteiger partial charge in [0.15, 0.2) is 0 Å². The van der Waals surface area contributed by atoms with Crippen LogP contribution in [0, 0.1) is 0 Å². The standard InChI is InChI=1S/C24H37BN2O5/c1-22(2,3)30-21(29)26-19-12-14-27(15-13-19)20(28)16-17-8-10-18(11-9-17)25-31-23(4,5)24(6,7)32-25/h8-11,19H,12-16H2,1-7H3,(H,26,29). The minimum atomic E-state index is -0.515. The van der Waals surface area contributed by atoms with Gasteiger partial charge in [-0.25, -0.2) is 4.79 Å². The Morgan fingerprint density at radius 2 is 1.59 bits per heavy atom. The van der Waals surface area contributed by atoms with Crippen LogP contribution in [0.3, 0.4) is 0 Å². The molecule has 32 heavy (non-hydrogen) atoms. The van der Waals surface area contributed by atoms with Crippen LogP contribution in [-0.2, 0) is 25.3 Å². The number of benzene rings is 1. The summed E-state index contributed by atoms with van der Waals surface area (Å²) < 4.78 is 17.5. The number of nitrogens with one attached hydrogen (secondary N) is 1. The Bertz CT molecular complexity index is 808. The molecule has 2 amide bonds. The van der Waals surface area contributed by atoms with Crippen LogP contribution in [0.4, 0.5) is 4.79 Å². The molecule has 1 N–H and O–H groups in total. The van der Waals surface area contributed by atoms with E-state index in [2.05, 4.69) is 5.32 Å². The van der Waals surface area contributed by atoms with E-state index < -0.39 is 18.8 Å². The third kappa shape index (κ3) is 6.04. The Balaban J connectivity index is 1.47. The molecule has 3 rings (SSSR count). The van der Waals surface area contributed by atoms with Gasteiger partial charge in [0, 0.05) is 19.1 Å². The molecule has 176 valence electrons. The first-order valence-electron chi connectivity index (χ1n) is 11.5. The number of amides is 2. The predicted molar refractivity (Wildman–Crippen MR) is 125 cm³/mol. The number of likely N-dealkylation sites (tertiary alicyclic amines) is 1. The highest BCUT2D eigenvalue weighted by atomic mass is 16.7. The number of alkyl carbamates (subject to hydrolysis) is 1. The second kappa shape index (κ2) is 9.06. The van der Waals surface area contributed by atoms with Crippen molar-refractivity contribution in [2.24, 2.45) is 0 Å². The van der Waals surface area contributed by atoms with Crippen molar-refractivity contribution in [3.63, 3.8) is 0 Å². The van der Waals surface area contributed by atoms with Gasteiger partial charge in [0.2, 0.25) is 5.91 Å². The molecule has 7 nitrogen and oxygen atoms in total. The molecule has 8 heteroatoms. The number of hydrogen-bond acceptors (Lipinski definition) is 5. The Morgan fingerprint density at radius 1 is 1.06 bits per heavy atom. The first-order chi connectivity index (χ1) is 14.8. The fourth-order valence-corrected chi connectivity index (χ4v) is 3.81. The van der Waals surface area contributed by atoms with Crippen molar-refractivity contribution in [1.29, 1.82) is 0 Å². The molecule has 0 spiro atoms. The summed E-state index contributed by atoms with van der Waals surface area (Å²) in [6.45, 7) is 14.9. The van der Waals surface area contributed by atoms with Crippen molar-refractivity contribution in [2.45, 2.75) is 90.6 Å². The van der Waals surface area contributed by atoms with Crippen LogP contribution < -0.4 is 10.8 Å². The number of rotatable bonds is 4. The molecule has 0 bridgehead atoms. The van der Waals surface area contributed by atoms with Crippen LogP contribution in [0.5, 0.6) is 0 Å². The van der Waals surface area contributed by atoms with E-state index >= 15 is 0 Å². The largest absolute Gasteiger partial charge is 0.494 e. The third-order valence-corrected chi connectivity index (χ3v) is 6.43. The highest BCUT2D eigenvalue weighted by Gasteiger charge is 2.51. The molecule has 0 atom stereocenters. The van der Waals surface area contributed by atoms with Crippen LogP contribution in [0.25, 0.3) is 0 Å². The molecule has 2 aliphatic rings. The van der Waals surface area contributed by atoms with E-state index in [0.29, 0.717) is 19.5 Å². The monoisotopic (exact) mass is 444 g/mol. The van der Waals surface area contributed by atoms with Crippen molar-refractivity contribution in [3.8, 4) is 0 Å². The molecule has 0 aliphatic carbocycles. The van der Waals surface area contributed by atoms with E-state index in [1.165, 1.54) is 0 Å². The Kier molecular flexibility index (Phi) is 6.96. The number of carbonyl (C=O) groups excluding carboxylic acids is 2. The van der Waals surface area contributed by atoms with Gasteiger partial charge >= 0.3 is 13.2 Å². The van der Waals surface area contributed by atoms with Gasteiger partial charge in [-0.3, -0.25) is 4.79 Å². The number of carbonyl (C=O) groups is 2. The highest BCUT2D eigenvalue weighted by molar-refractivity contribution is 6.62.